The van der Waals surface area contributed by atoms with Crippen molar-refractivity contribution in [3.05, 3.63) is 41.7 Å². The molecule has 7 nitrogen and oxygen atoms in total. The van der Waals surface area contributed by atoms with Crippen LogP contribution in [0, 0.1) is 0 Å². The largest absolute Gasteiger partial charge is 0.573 e. The van der Waals surface area contributed by atoms with Crippen molar-refractivity contribution in [2.45, 2.75) is 31.4 Å². The quantitative estimate of drug-likeness (QED) is 0.496. The fourth-order valence-electron chi connectivity index (χ4n) is 2.92. The van der Waals surface area contributed by atoms with Crippen molar-refractivity contribution >= 4 is 42.4 Å². The van der Waals surface area contributed by atoms with Crippen LogP contribution in [0.5, 0.6) is 5.75 Å². The first kappa shape index (κ1) is 28.5. The fourth-order valence-corrected chi connectivity index (χ4v) is 2.92. The van der Waals surface area contributed by atoms with Crippen LogP contribution in [0.1, 0.15) is 28.9 Å². The summed E-state index contributed by atoms with van der Waals surface area (Å²) in [7, 11) is 0. The first-order valence-corrected chi connectivity index (χ1v) is 9.10. The molecule has 3 rings (SSSR count). The molecule has 0 aliphatic carbocycles. The van der Waals surface area contributed by atoms with Crippen LogP contribution < -0.4 is 20.7 Å². The minimum Gasteiger partial charge on any atom is -0.406 e. The van der Waals surface area contributed by atoms with E-state index in [9.17, 15) is 31.1 Å². The molecule has 1 amide bonds. The topological polar surface area (TPSA) is 88.2 Å². The third kappa shape index (κ3) is 8.41. The highest BCUT2D eigenvalue weighted by molar-refractivity contribution is 6.05. The molecule has 0 radical (unpaired) electrons. The van der Waals surface area contributed by atoms with Gasteiger partial charge in [-0.15, -0.1) is 38.0 Å². The van der Waals surface area contributed by atoms with E-state index in [0.29, 0.717) is 25.9 Å². The molecule has 3 N–H and O–H groups in total. The average Bonchev–Trinajstić information content (AvgIpc) is 2.68. The first-order valence-electron chi connectivity index (χ1n) is 9.10. The SMILES string of the molecule is Cl.Cl.O=C(Nc1ccc(OC(F)(F)F)cc1)c1cnc(NC2CCNCC2)nc1C(F)(F)F. The maximum Gasteiger partial charge on any atom is 0.573 e. The van der Waals surface area contributed by atoms with Crippen molar-refractivity contribution < 1.29 is 35.9 Å². The van der Waals surface area contributed by atoms with Gasteiger partial charge in [-0.3, -0.25) is 4.79 Å². The zero-order valence-corrected chi connectivity index (χ0v) is 18.2. The predicted octanol–water partition coefficient (Wildman–Crippen LogP) is 4.65. The summed E-state index contributed by atoms with van der Waals surface area (Å²) in [5, 5.41) is 8.13. The summed E-state index contributed by atoms with van der Waals surface area (Å²) >= 11 is 0. The summed E-state index contributed by atoms with van der Waals surface area (Å²) in [4.78, 5) is 19.7. The second-order valence-corrected chi connectivity index (χ2v) is 6.65. The lowest BCUT2D eigenvalue weighted by atomic mass is 10.1. The minimum atomic E-state index is -4.93. The van der Waals surface area contributed by atoms with E-state index < -0.39 is 35.5 Å². The van der Waals surface area contributed by atoms with Gasteiger partial charge >= 0.3 is 12.5 Å². The average molecular weight is 522 g/mol. The number of halogens is 8. The summed E-state index contributed by atoms with van der Waals surface area (Å²) in [6, 6.07) is 3.84. The van der Waals surface area contributed by atoms with Crippen LogP contribution >= 0.6 is 24.8 Å². The smallest absolute Gasteiger partial charge is 0.406 e. The van der Waals surface area contributed by atoms with E-state index >= 15 is 0 Å². The summed E-state index contributed by atoms with van der Waals surface area (Å²) in [6.45, 7) is 1.41. The van der Waals surface area contributed by atoms with E-state index in [-0.39, 0.29) is 42.5 Å². The zero-order valence-electron chi connectivity index (χ0n) is 16.6. The highest BCUT2D eigenvalue weighted by Crippen LogP contribution is 2.32. The normalized spacial score (nSPS) is 14.5. The molecule has 0 saturated carbocycles. The highest BCUT2D eigenvalue weighted by atomic mass is 35.5. The van der Waals surface area contributed by atoms with Gasteiger partial charge in [0, 0.05) is 17.9 Å². The van der Waals surface area contributed by atoms with Crippen LogP contribution in [0.4, 0.5) is 38.0 Å². The molecule has 0 spiro atoms. The molecule has 1 fully saturated rings. The molecule has 2 heterocycles. The van der Waals surface area contributed by atoms with E-state index in [1.165, 1.54) is 0 Å². The molecule has 1 aromatic carbocycles. The Morgan fingerprint density at radius 3 is 2.18 bits per heavy atom. The number of hydrogen-bond donors (Lipinski definition) is 3. The maximum absolute atomic E-state index is 13.5. The van der Waals surface area contributed by atoms with Crippen LogP contribution in [0.25, 0.3) is 0 Å². The summed E-state index contributed by atoms with van der Waals surface area (Å²) in [5.41, 5.74) is -2.28. The Morgan fingerprint density at radius 1 is 1.03 bits per heavy atom. The predicted molar refractivity (Wildman–Crippen MR) is 112 cm³/mol. The lowest BCUT2D eigenvalue weighted by Gasteiger charge is -2.24. The lowest BCUT2D eigenvalue weighted by Crippen LogP contribution is -2.36. The summed E-state index contributed by atoms with van der Waals surface area (Å²) in [5.74, 6) is -1.95. The molecule has 15 heteroatoms. The number of aromatic nitrogens is 2. The molecule has 2 aromatic rings. The lowest BCUT2D eigenvalue weighted by molar-refractivity contribution is -0.274. The second kappa shape index (κ2) is 11.6. The number of piperidine rings is 1. The molecular formula is C18H19Cl2F6N5O2. The standard InChI is InChI=1S/C18H17F6N5O2.2ClH/c19-17(20,21)14-13(9-26-16(29-14)28-11-5-7-25-8-6-11)15(30)27-10-1-3-12(4-2-10)31-18(22,23)24;;/h1-4,9,11,25H,5-8H2,(H,27,30)(H,26,28,29);2*1H. The summed E-state index contributed by atoms with van der Waals surface area (Å²) in [6.07, 6.45) is -7.70. The van der Waals surface area contributed by atoms with Crippen LogP contribution in [-0.2, 0) is 6.18 Å². The van der Waals surface area contributed by atoms with Gasteiger partial charge in [0.15, 0.2) is 5.69 Å². The number of nitrogens with one attached hydrogen (secondary N) is 3. The number of nitrogens with zero attached hydrogens (tertiary/aromatic N) is 2. The number of carbonyl (C=O) groups is 1. The Bertz CT molecular complexity index is 922. The molecule has 0 unspecified atom stereocenters. The molecule has 184 valence electrons. The first-order chi connectivity index (χ1) is 14.5. The van der Waals surface area contributed by atoms with Crippen LogP contribution in [0.2, 0.25) is 0 Å². The molecule has 1 aliphatic heterocycles. The van der Waals surface area contributed by atoms with Gasteiger partial charge < -0.3 is 20.7 Å². The maximum atomic E-state index is 13.5. The van der Waals surface area contributed by atoms with E-state index in [1.807, 2.05) is 0 Å². The van der Waals surface area contributed by atoms with Crippen molar-refractivity contribution in [1.29, 1.82) is 0 Å². The number of hydrogen-bond acceptors (Lipinski definition) is 6. The molecular weight excluding hydrogens is 503 g/mol. The van der Waals surface area contributed by atoms with Crippen molar-refractivity contribution in [2.24, 2.45) is 0 Å². The van der Waals surface area contributed by atoms with Gasteiger partial charge in [-0.1, -0.05) is 0 Å². The van der Waals surface area contributed by atoms with E-state index in [1.54, 1.807) is 0 Å². The zero-order chi connectivity index (χ0) is 22.6. The molecule has 0 bridgehead atoms. The summed E-state index contributed by atoms with van der Waals surface area (Å²) < 4.78 is 80.7. The van der Waals surface area contributed by atoms with Crippen LogP contribution in [-0.4, -0.2) is 41.4 Å². The number of rotatable bonds is 5. The van der Waals surface area contributed by atoms with E-state index in [0.717, 1.165) is 30.5 Å². The van der Waals surface area contributed by atoms with Gasteiger partial charge in [-0.25, -0.2) is 9.97 Å². The van der Waals surface area contributed by atoms with Crippen molar-refractivity contribution in [3.8, 4) is 5.75 Å². The molecule has 1 aliphatic rings. The Balaban J connectivity index is 0.00000272. The van der Waals surface area contributed by atoms with Crippen molar-refractivity contribution in [1.82, 2.24) is 15.3 Å². The van der Waals surface area contributed by atoms with E-state index in [2.05, 4.69) is 30.7 Å². The van der Waals surface area contributed by atoms with Gasteiger partial charge in [0.1, 0.15) is 5.75 Å². The molecule has 1 saturated heterocycles. The Morgan fingerprint density at radius 2 is 1.64 bits per heavy atom. The number of carbonyl (C=O) groups excluding carboxylic acids is 1. The number of benzene rings is 1. The van der Waals surface area contributed by atoms with Gasteiger partial charge in [0.25, 0.3) is 5.91 Å². The third-order valence-electron chi connectivity index (χ3n) is 4.32. The van der Waals surface area contributed by atoms with E-state index in [4.69, 9.17) is 0 Å². The Hall–Kier alpha value is -2.51. The van der Waals surface area contributed by atoms with Crippen LogP contribution in [0.3, 0.4) is 0 Å². The highest BCUT2D eigenvalue weighted by Gasteiger charge is 2.38. The molecule has 0 atom stereocenters. The van der Waals surface area contributed by atoms with Crippen molar-refractivity contribution in [2.75, 3.05) is 23.7 Å². The van der Waals surface area contributed by atoms with Crippen LogP contribution in [0.15, 0.2) is 30.5 Å². The van der Waals surface area contributed by atoms with Gasteiger partial charge in [0.05, 0.1) is 5.56 Å². The van der Waals surface area contributed by atoms with Gasteiger partial charge in [0.2, 0.25) is 5.95 Å². The second-order valence-electron chi connectivity index (χ2n) is 6.65. The Kier molecular flexibility index (Phi) is 10.00. The molecule has 33 heavy (non-hydrogen) atoms. The van der Waals surface area contributed by atoms with Crippen molar-refractivity contribution in [3.63, 3.8) is 0 Å². The third-order valence-corrected chi connectivity index (χ3v) is 4.32. The number of amides is 1. The number of ether oxygens (including phenoxy) is 1. The number of alkyl halides is 6. The van der Waals surface area contributed by atoms with Gasteiger partial charge in [-0.05, 0) is 50.2 Å². The fraction of sp³-hybridized carbons (Fsp3) is 0.389. The minimum absolute atomic E-state index is 0. The van der Waals surface area contributed by atoms with Gasteiger partial charge in [-0.2, -0.15) is 13.2 Å². The Labute approximate surface area is 196 Å². The molecule has 1 aromatic heterocycles. The number of anilines is 2. The monoisotopic (exact) mass is 521 g/mol.